The fraction of sp³-hybridized carbons (Fsp3) is 0.467. The molecular formula is C15H19Cl2N5O4. The summed E-state index contributed by atoms with van der Waals surface area (Å²) in [4.78, 5) is 29.7. The summed E-state index contributed by atoms with van der Waals surface area (Å²) < 4.78 is 4.63. The number of halogens is 2. The lowest BCUT2D eigenvalue weighted by atomic mass is 9.95. The summed E-state index contributed by atoms with van der Waals surface area (Å²) in [5, 5.41) is 12.0. The number of aromatic nitrogens is 1. The van der Waals surface area contributed by atoms with Gasteiger partial charge in [0, 0.05) is 13.0 Å². The molecule has 2 N–H and O–H groups in total. The first-order valence-corrected chi connectivity index (χ1v) is 8.41. The summed E-state index contributed by atoms with van der Waals surface area (Å²) in [6.45, 7) is 1.54. The second kappa shape index (κ2) is 8.17. The predicted octanol–water partition coefficient (Wildman–Crippen LogP) is 1.64. The lowest BCUT2D eigenvalue weighted by molar-refractivity contribution is -0.433. The van der Waals surface area contributed by atoms with Gasteiger partial charge in [0.25, 0.3) is 5.70 Å². The number of carbonyl (C=O) groups excluding carboxylic acids is 1. The number of methoxy groups -OCH3 is 1. The maximum Gasteiger partial charge on any atom is 0.319 e. The molecule has 1 aromatic rings. The van der Waals surface area contributed by atoms with Crippen LogP contribution >= 0.6 is 23.2 Å². The molecule has 11 heteroatoms. The van der Waals surface area contributed by atoms with Crippen molar-refractivity contribution < 1.29 is 14.5 Å². The van der Waals surface area contributed by atoms with Crippen LogP contribution in [0.2, 0.25) is 10.3 Å². The van der Waals surface area contributed by atoms with Crippen molar-refractivity contribution in [3.05, 3.63) is 49.5 Å². The minimum Gasteiger partial charge on any atom is -0.468 e. The summed E-state index contributed by atoms with van der Waals surface area (Å²) in [7, 11) is 2.88. The molecule has 9 nitrogen and oxygen atoms in total. The maximum atomic E-state index is 11.7. The van der Waals surface area contributed by atoms with Crippen LogP contribution in [-0.4, -0.2) is 59.2 Å². The van der Waals surface area contributed by atoms with E-state index in [-0.39, 0.29) is 29.1 Å². The van der Waals surface area contributed by atoms with Crippen LogP contribution in [0.1, 0.15) is 18.4 Å². The summed E-state index contributed by atoms with van der Waals surface area (Å²) >= 11 is 11.9. The number of ether oxygens (including phenoxy) is 1. The molecule has 1 aromatic heterocycles. The minimum absolute atomic E-state index is 0.0605. The number of pyridine rings is 1. The number of allylic oxidation sites excluding steroid dienone is 1. The molecule has 0 radical (unpaired) electrons. The molecule has 0 aliphatic carbocycles. The third-order valence-corrected chi connectivity index (χ3v) is 4.66. The average molecular weight is 404 g/mol. The van der Waals surface area contributed by atoms with E-state index in [1.165, 1.54) is 12.0 Å². The van der Waals surface area contributed by atoms with Crippen molar-refractivity contribution >= 4 is 29.2 Å². The van der Waals surface area contributed by atoms with Gasteiger partial charge >= 0.3 is 5.97 Å². The van der Waals surface area contributed by atoms with Gasteiger partial charge in [-0.2, -0.15) is 0 Å². The van der Waals surface area contributed by atoms with Crippen LogP contribution < -0.4 is 5.73 Å². The van der Waals surface area contributed by atoms with Crippen LogP contribution in [0.15, 0.2) is 23.5 Å². The number of nitrogens with two attached hydrogens (primary N) is 1. The molecule has 1 aliphatic heterocycles. The molecular weight excluding hydrogens is 385 g/mol. The molecule has 0 fully saturated rings. The van der Waals surface area contributed by atoms with Crippen molar-refractivity contribution in [1.82, 2.24) is 14.8 Å². The van der Waals surface area contributed by atoms with E-state index in [0.29, 0.717) is 11.3 Å². The Hall–Kier alpha value is -1.94. The van der Waals surface area contributed by atoms with E-state index >= 15 is 0 Å². The van der Waals surface area contributed by atoms with Gasteiger partial charge in [-0.1, -0.05) is 30.1 Å². The number of hydrogen-bond donors (Lipinski definition) is 1. The molecule has 2 rings (SSSR count). The molecule has 0 aromatic carbocycles. The number of carbonyl (C=O) groups is 1. The lowest BCUT2D eigenvalue weighted by Gasteiger charge is -2.41. The summed E-state index contributed by atoms with van der Waals surface area (Å²) in [5.74, 6) is -0.939. The molecule has 0 amide bonds. The van der Waals surface area contributed by atoms with E-state index in [2.05, 4.69) is 9.72 Å². The number of likely N-dealkylation sites (N-methyl/N-ethyl adjacent to an activating group) is 1. The standard InChI is InChI=1S/C15H19Cl2N5O4/c1-8(9-4-11(16)19-12(17)5-9)14-10(22(24)25)6-21(7-13(23)26-3)15(18)20(14)2/h4-5,8,15H,6-7,18H2,1-3H3. The monoisotopic (exact) mass is 403 g/mol. The Morgan fingerprint density at radius 1 is 1.50 bits per heavy atom. The molecule has 142 valence electrons. The normalized spacial score (nSPS) is 19.5. The van der Waals surface area contributed by atoms with Crippen molar-refractivity contribution in [1.29, 1.82) is 0 Å². The number of nitrogens with zero attached hydrogens (tertiary/aromatic N) is 4. The van der Waals surface area contributed by atoms with Crippen molar-refractivity contribution in [2.45, 2.75) is 19.1 Å². The van der Waals surface area contributed by atoms with Crippen LogP contribution in [0, 0.1) is 10.1 Å². The zero-order chi connectivity index (χ0) is 19.6. The fourth-order valence-corrected chi connectivity index (χ4v) is 3.41. The number of esters is 1. The van der Waals surface area contributed by atoms with E-state index in [9.17, 15) is 14.9 Å². The Bertz CT molecular complexity index is 737. The largest absolute Gasteiger partial charge is 0.468 e. The van der Waals surface area contributed by atoms with Crippen molar-refractivity contribution in [2.24, 2.45) is 5.73 Å². The topological polar surface area (TPSA) is 115 Å². The molecule has 0 saturated heterocycles. The minimum atomic E-state index is -0.733. The van der Waals surface area contributed by atoms with Crippen molar-refractivity contribution in [3.8, 4) is 0 Å². The Morgan fingerprint density at radius 3 is 2.58 bits per heavy atom. The molecule has 2 unspecified atom stereocenters. The summed E-state index contributed by atoms with van der Waals surface area (Å²) in [6, 6.07) is 3.20. The van der Waals surface area contributed by atoms with Crippen molar-refractivity contribution in [3.63, 3.8) is 0 Å². The first kappa shape index (κ1) is 20.4. The first-order valence-electron chi connectivity index (χ1n) is 7.65. The highest BCUT2D eigenvalue weighted by atomic mass is 35.5. The second-order valence-corrected chi connectivity index (χ2v) is 6.64. The van der Waals surface area contributed by atoms with Gasteiger partial charge < -0.3 is 9.64 Å². The van der Waals surface area contributed by atoms with Gasteiger partial charge in [-0.3, -0.25) is 20.6 Å². The predicted molar refractivity (Wildman–Crippen MR) is 96.0 cm³/mol. The van der Waals surface area contributed by atoms with Gasteiger partial charge in [0.15, 0.2) is 0 Å². The lowest BCUT2D eigenvalue weighted by Crippen LogP contribution is -2.58. The number of nitro groups is 1. The second-order valence-electron chi connectivity index (χ2n) is 5.86. The zero-order valence-electron chi connectivity index (χ0n) is 14.5. The van der Waals surface area contributed by atoms with E-state index in [0.717, 1.165) is 0 Å². The smallest absolute Gasteiger partial charge is 0.319 e. The molecule has 0 spiro atoms. The Morgan fingerprint density at radius 2 is 2.08 bits per heavy atom. The van der Waals surface area contributed by atoms with E-state index in [1.54, 1.807) is 31.0 Å². The van der Waals surface area contributed by atoms with Crippen LogP contribution in [0.4, 0.5) is 0 Å². The summed E-state index contributed by atoms with van der Waals surface area (Å²) in [6.07, 6.45) is -0.733. The van der Waals surface area contributed by atoms with Crippen LogP contribution in [-0.2, 0) is 9.53 Å². The fourth-order valence-electron chi connectivity index (χ4n) is 2.94. The number of rotatable bonds is 5. The SMILES string of the molecule is COC(=O)CN1CC([N+](=O)[O-])=C(C(C)c2cc(Cl)nc(Cl)c2)N(C)C1N. The van der Waals surface area contributed by atoms with E-state index in [4.69, 9.17) is 28.9 Å². The quantitative estimate of drug-likeness (QED) is 0.341. The van der Waals surface area contributed by atoms with E-state index < -0.39 is 23.1 Å². The molecule has 1 aliphatic rings. The molecule has 26 heavy (non-hydrogen) atoms. The Balaban J connectivity index is 2.46. The van der Waals surface area contributed by atoms with Crippen molar-refractivity contribution in [2.75, 3.05) is 27.2 Å². The highest BCUT2D eigenvalue weighted by Gasteiger charge is 2.39. The van der Waals surface area contributed by atoms with Gasteiger partial charge in [0.05, 0.1) is 24.3 Å². The molecule has 2 atom stereocenters. The molecule has 2 heterocycles. The van der Waals surface area contributed by atoms with Gasteiger partial charge in [0.1, 0.15) is 23.1 Å². The molecule has 0 bridgehead atoms. The Labute approximate surface area is 160 Å². The van der Waals surface area contributed by atoms with E-state index in [1.807, 2.05) is 0 Å². The van der Waals surface area contributed by atoms with Gasteiger partial charge in [-0.05, 0) is 17.7 Å². The Kier molecular flexibility index (Phi) is 6.40. The summed E-state index contributed by atoms with van der Waals surface area (Å²) in [5.41, 5.74) is 7.21. The highest BCUT2D eigenvalue weighted by molar-refractivity contribution is 6.32. The van der Waals surface area contributed by atoms with Crippen LogP contribution in [0.25, 0.3) is 0 Å². The van der Waals surface area contributed by atoms with Gasteiger partial charge in [0.2, 0.25) is 0 Å². The average Bonchev–Trinajstić information content (AvgIpc) is 2.57. The maximum absolute atomic E-state index is 11.7. The van der Waals surface area contributed by atoms with Crippen LogP contribution in [0.3, 0.4) is 0 Å². The highest BCUT2D eigenvalue weighted by Crippen LogP contribution is 2.34. The zero-order valence-corrected chi connectivity index (χ0v) is 16.0. The van der Waals surface area contributed by atoms with Crippen LogP contribution in [0.5, 0.6) is 0 Å². The first-order chi connectivity index (χ1) is 12.1. The third-order valence-electron chi connectivity index (χ3n) is 4.28. The number of hydrogen-bond acceptors (Lipinski definition) is 8. The molecule has 0 saturated carbocycles. The van der Waals surface area contributed by atoms with Gasteiger partial charge in [-0.15, -0.1) is 0 Å². The third kappa shape index (κ3) is 4.24. The van der Waals surface area contributed by atoms with Gasteiger partial charge in [-0.25, -0.2) is 9.88 Å².